The average Bonchev–Trinajstić information content (AvgIpc) is 2.30. The molecule has 2 fully saturated rings. The predicted molar refractivity (Wildman–Crippen MR) is 63.3 cm³/mol. The van der Waals surface area contributed by atoms with Crippen LogP contribution in [-0.2, 0) is 4.79 Å². The highest BCUT2D eigenvalue weighted by atomic mass is 16.3. The van der Waals surface area contributed by atoms with E-state index in [0.29, 0.717) is 11.7 Å². The van der Waals surface area contributed by atoms with Crippen LogP contribution in [0.2, 0.25) is 0 Å². The van der Waals surface area contributed by atoms with Crippen LogP contribution in [0.25, 0.3) is 0 Å². The Balaban J connectivity index is 1.89. The molecule has 1 saturated carbocycles. The molecule has 0 aromatic heterocycles. The highest BCUT2D eigenvalue weighted by Gasteiger charge is 2.31. The van der Waals surface area contributed by atoms with Crippen molar-refractivity contribution in [1.29, 1.82) is 0 Å². The van der Waals surface area contributed by atoms with Gasteiger partial charge in [-0.3, -0.25) is 9.69 Å². The Morgan fingerprint density at radius 1 is 1.25 bits per heavy atom. The molecule has 2 rings (SSSR count). The zero-order chi connectivity index (χ0) is 11.4. The van der Waals surface area contributed by atoms with Crippen molar-refractivity contribution in [1.82, 2.24) is 4.90 Å². The SMILES string of the molecule is O=C1CCCCC1N1CCCC(CCO)C1. The summed E-state index contributed by atoms with van der Waals surface area (Å²) in [5.41, 5.74) is 0. The number of piperidine rings is 1. The van der Waals surface area contributed by atoms with Gasteiger partial charge >= 0.3 is 0 Å². The molecule has 2 unspecified atom stereocenters. The van der Waals surface area contributed by atoms with Gasteiger partial charge in [-0.05, 0) is 44.6 Å². The molecule has 3 heteroatoms. The highest BCUT2D eigenvalue weighted by molar-refractivity contribution is 5.84. The van der Waals surface area contributed by atoms with Crippen LogP contribution in [0, 0.1) is 5.92 Å². The normalized spacial score (nSPS) is 32.9. The minimum absolute atomic E-state index is 0.204. The number of rotatable bonds is 3. The fourth-order valence-corrected chi connectivity index (χ4v) is 3.15. The maximum atomic E-state index is 11.9. The third kappa shape index (κ3) is 2.83. The number of hydrogen-bond acceptors (Lipinski definition) is 3. The number of hydrogen-bond donors (Lipinski definition) is 1. The van der Waals surface area contributed by atoms with Crippen LogP contribution in [0.4, 0.5) is 0 Å². The summed E-state index contributed by atoms with van der Waals surface area (Å²) >= 11 is 0. The molecule has 2 aliphatic rings. The second-order valence-corrected chi connectivity index (χ2v) is 5.24. The zero-order valence-electron chi connectivity index (χ0n) is 10.0. The second kappa shape index (κ2) is 5.78. The van der Waals surface area contributed by atoms with E-state index in [0.717, 1.165) is 38.8 Å². The fraction of sp³-hybridized carbons (Fsp3) is 0.923. The van der Waals surface area contributed by atoms with Gasteiger partial charge < -0.3 is 5.11 Å². The van der Waals surface area contributed by atoms with Crippen molar-refractivity contribution in [2.45, 2.75) is 51.0 Å². The molecule has 0 bridgehead atoms. The van der Waals surface area contributed by atoms with E-state index in [1.807, 2.05) is 0 Å². The summed E-state index contributed by atoms with van der Waals surface area (Å²) < 4.78 is 0. The Morgan fingerprint density at radius 3 is 2.88 bits per heavy atom. The van der Waals surface area contributed by atoms with E-state index >= 15 is 0 Å². The van der Waals surface area contributed by atoms with Crippen molar-refractivity contribution >= 4 is 5.78 Å². The lowest BCUT2D eigenvalue weighted by molar-refractivity contribution is -0.127. The monoisotopic (exact) mass is 225 g/mol. The van der Waals surface area contributed by atoms with Crippen LogP contribution >= 0.6 is 0 Å². The van der Waals surface area contributed by atoms with Crippen LogP contribution in [0.5, 0.6) is 0 Å². The van der Waals surface area contributed by atoms with Crippen LogP contribution in [-0.4, -0.2) is 41.5 Å². The molecule has 1 saturated heterocycles. The molecule has 1 N–H and O–H groups in total. The lowest BCUT2D eigenvalue weighted by Crippen LogP contribution is -2.47. The summed E-state index contributed by atoms with van der Waals surface area (Å²) in [6.45, 7) is 2.40. The van der Waals surface area contributed by atoms with E-state index in [9.17, 15) is 4.79 Å². The Hall–Kier alpha value is -0.410. The molecule has 92 valence electrons. The van der Waals surface area contributed by atoms with Gasteiger partial charge in [0.1, 0.15) is 5.78 Å². The minimum atomic E-state index is 0.204. The highest BCUT2D eigenvalue weighted by Crippen LogP contribution is 2.26. The number of carbonyl (C=O) groups is 1. The molecule has 1 aliphatic carbocycles. The van der Waals surface area contributed by atoms with Crippen molar-refractivity contribution in [3.8, 4) is 0 Å². The molecule has 0 radical (unpaired) electrons. The first-order chi connectivity index (χ1) is 7.81. The number of likely N-dealkylation sites (tertiary alicyclic amines) is 1. The van der Waals surface area contributed by atoms with Crippen LogP contribution in [0.3, 0.4) is 0 Å². The number of aliphatic hydroxyl groups is 1. The summed E-state index contributed by atoms with van der Waals surface area (Å²) in [5, 5.41) is 8.98. The molecule has 0 spiro atoms. The standard InChI is InChI=1S/C13H23NO2/c15-9-7-11-4-3-8-14(10-11)12-5-1-2-6-13(12)16/h11-12,15H,1-10H2. The molecule has 1 aliphatic heterocycles. The predicted octanol–water partition coefficient (Wildman–Crippen LogP) is 1.59. The Kier molecular flexibility index (Phi) is 4.36. The van der Waals surface area contributed by atoms with Crippen LogP contribution in [0.1, 0.15) is 44.9 Å². The Labute approximate surface area is 97.8 Å². The molecule has 2 atom stereocenters. The van der Waals surface area contributed by atoms with Crippen molar-refractivity contribution in [2.75, 3.05) is 19.7 Å². The third-order valence-electron chi connectivity index (χ3n) is 4.05. The van der Waals surface area contributed by atoms with Gasteiger partial charge in [0.25, 0.3) is 0 Å². The molecular weight excluding hydrogens is 202 g/mol. The van der Waals surface area contributed by atoms with E-state index in [-0.39, 0.29) is 12.6 Å². The molecule has 0 aromatic rings. The van der Waals surface area contributed by atoms with E-state index in [4.69, 9.17) is 5.11 Å². The van der Waals surface area contributed by atoms with Crippen molar-refractivity contribution in [3.05, 3.63) is 0 Å². The number of Topliss-reactive ketones (excluding diaryl/α,β-unsaturated/α-hetero) is 1. The van der Waals surface area contributed by atoms with E-state index < -0.39 is 0 Å². The van der Waals surface area contributed by atoms with Gasteiger partial charge in [0, 0.05) is 19.6 Å². The summed E-state index contributed by atoms with van der Waals surface area (Å²) in [5.74, 6) is 1.06. The third-order valence-corrected chi connectivity index (χ3v) is 4.05. The first-order valence-corrected chi connectivity index (χ1v) is 6.69. The van der Waals surface area contributed by atoms with Crippen molar-refractivity contribution in [3.63, 3.8) is 0 Å². The average molecular weight is 225 g/mol. The molecule has 0 amide bonds. The number of nitrogens with zero attached hydrogens (tertiary/aromatic N) is 1. The number of ketones is 1. The maximum Gasteiger partial charge on any atom is 0.149 e. The molecule has 16 heavy (non-hydrogen) atoms. The lowest BCUT2D eigenvalue weighted by atomic mass is 9.88. The molecule has 0 aromatic carbocycles. The van der Waals surface area contributed by atoms with E-state index in [1.165, 1.54) is 19.3 Å². The maximum absolute atomic E-state index is 11.9. The number of carbonyl (C=O) groups excluding carboxylic acids is 1. The first-order valence-electron chi connectivity index (χ1n) is 6.69. The van der Waals surface area contributed by atoms with Gasteiger partial charge in [-0.1, -0.05) is 6.42 Å². The molecular formula is C13H23NO2. The molecule has 3 nitrogen and oxygen atoms in total. The second-order valence-electron chi connectivity index (χ2n) is 5.24. The largest absolute Gasteiger partial charge is 0.396 e. The number of aliphatic hydroxyl groups excluding tert-OH is 1. The van der Waals surface area contributed by atoms with Gasteiger partial charge in [-0.15, -0.1) is 0 Å². The van der Waals surface area contributed by atoms with E-state index in [1.54, 1.807) is 0 Å². The zero-order valence-corrected chi connectivity index (χ0v) is 10.0. The van der Waals surface area contributed by atoms with Gasteiger partial charge in [-0.25, -0.2) is 0 Å². The summed E-state index contributed by atoms with van der Waals surface area (Å²) in [6, 6.07) is 0.204. The Bertz CT molecular complexity index is 240. The van der Waals surface area contributed by atoms with Gasteiger partial charge in [0.05, 0.1) is 6.04 Å². The van der Waals surface area contributed by atoms with Gasteiger partial charge in [-0.2, -0.15) is 0 Å². The minimum Gasteiger partial charge on any atom is -0.396 e. The Morgan fingerprint density at radius 2 is 2.12 bits per heavy atom. The van der Waals surface area contributed by atoms with Gasteiger partial charge in [0.2, 0.25) is 0 Å². The summed E-state index contributed by atoms with van der Waals surface area (Å²) in [6.07, 6.45) is 7.45. The van der Waals surface area contributed by atoms with Crippen molar-refractivity contribution < 1.29 is 9.90 Å². The van der Waals surface area contributed by atoms with Crippen molar-refractivity contribution in [2.24, 2.45) is 5.92 Å². The van der Waals surface area contributed by atoms with E-state index in [2.05, 4.69) is 4.90 Å². The van der Waals surface area contributed by atoms with Gasteiger partial charge in [0.15, 0.2) is 0 Å². The van der Waals surface area contributed by atoms with Crippen LogP contribution < -0.4 is 0 Å². The van der Waals surface area contributed by atoms with Crippen LogP contribution in [0.15, 0.2) is 0 Å². The fourth-order valence-electron chi connectivity index (χ4n) is 3.15. The topological polar surface area (TPSA) is 40.5 Å². The molecule has 1 heterocycles. The quantitative estimate of drug-likeness (QED) is 0.793. The summed E-state index contributed by atoms with van der Waals surface area (Å²) in [4.78, 5) is 14.2. The first kappa shape index (κ1) is 12.1. The lowest BCUT2D eigenvalue weighted by Gasteiger charge is -2.39. The smallest absolute Gasteiger partial charge is 0.149 e. The summed E-state index contributed by atoms with van der Waals surface area (Å²) in [7, 11) is 0.